The number of halogens is 1. The highest BCUT2D eigenvalue weighted by Gasteiger charge is 2.13. The molecular formula is C20H20BrNO3. The molecule has 1 heterocycles. The van der Waals surface area contributed by atoms with Crippen molar-refractivity contribution in [3.05, 3.63) is 70.4 Å². The Morgan fingerprint density at radius 1 is 1.08 bits per heavy atom. The number of fused-ring (bicyclic) bond motifs is 1. The smallest absolute Gasteiger partial charge is 0.287 e. The van der Waals surface area contributed by atoms with Crippen molar-refractivity contribution in [3.63, 3.8) is 0 Å². The van der Waals surface area contributed by atoms with Gasteiger partial charge in [0.05, 0.1) is 11.1 Å². The van der Waals surface area contributed by atoms with Crippen molar-refractivity contribution in [1.29, 1.82) is 0 Å². The van der Waals surface area contributed by atoms with E-state index in [-0.39, 0.29) is 5.91 Å². The maximum absolute atomic E-state index is 12.1. The van der Waals surface area contributed by atoms with Gasteiger partial charge in [-0.15, -0.1) is 0 Å². The second kappa shape index (κ2) is 8.83. The highest BCUT2D eigenvalue weighted by molar-refractivity contribution is 9.10. The van der Waals surface area contributed by atoms with Crippen LogP contribution >= 0.6 is 15.9 Å². The van der Waals surface area contributed by atoms with Gasteiger partial charge in [0.25, 0.3) is 5.91 Å². The monoisotopic (exact) mass is 401 g/mol. The normalized spacial score (nSPS) is 10.9. The summed E-state index contributed by atoms with van der Waals surface area (Å²) in [4.78, 5) is 12.1. The second-order valence-corrected chi connectivity index (χ2v) is 6.58. The number of amides is 1. The molecule has 3 rings (SSSR count). The van der Waals surface area contributed by atoms with E-state index in [1.165, 1.54) is 5.56 Å². The van der Waals surface area contributed by atoms with Gasteiger partial charge >= 0.3 is 0 Å². The molecule has 0 spiro atoms. The lowest BCUT2D eigenvalue weighted by molar-refractivity contribution is 0.0917. The summed E-state index contributed by atoms with van der Waals surface area (Å²) in [5, 5.41) is 3.77. The first-order chi connectivity index (χ1) is 12.2. The van der Waals surface area contributed by atoms with Gasteiger partial charge < -0.3 is 14.5 Å². The van der Waals surface area contributed by atoms with Crippen molar-refractivity contribution in [1.82, 2.24) is 5.32 Å². The number of hydrogen-bond donors (Lipinski definition) is 1. The number of furan rings is 1. The van der Waals surface area contributed by atoms with Crippen LogP contribution in [0.4, 0.5) is 0 Å². The number of benzene rings is 2. The molecule has 0 atom stereocenters. The quantitative estimate of drug-likeness (QED) is 0.562. The summed E-state index contributed by atoms with van der Waals surface area (Å²) in [7, 11) is 0. The molecule has 0 unspecified atom stereocenters. The Morgan fingerprint density at radius 3 is 2.72 bits per heavy atom. The van der Waals surface area contributed by atoms with E-state index in [1.807, 2.05) is 36.4 Å². The zero-order valence-corrected chi connectivity index (χ0v) is 15.4. The molecule has 0 bridgehead atoms. The van der Waals surface area contributed by atoms with E-state index in [0.29, 0.717) is 31.1 Å². The van der Waals surface area contributed by atoms with Crippen LogP contribution in [0.5, 0.6) is 0 Å². The molecule has 5 heteroatoms. The topological polar surface area (TPSA) is 51.5 Å². The van der Waals surface area contributed by atoms with E-state index in [9.17, 15) is 4.79 Å². The van der Waals surface area contributed by atoms with Gasteiger partial charge in [-0.1, -0.05) is 42.5 Å². The average molecular weight is 402 g/mol. The predicted molar refractivity (Wildman–Crippen MR) is 102 cm³/mol. The zero-order chi connectivity index (χ0) is 17.5. The molecule has 0 aliphatic heterocycles. The van der Waals surface area contributed by atoms with E-state index in [2.05, 4.69) is 33.4 Å². The maximum atomic E-state index is 12.1. The number of nitrogens with one attached hydrogen (secondary N) is 1. The third-order valence-corrected chi connectivity index (χ3v) is 4.47. The van der Waals surface area contributed by atoms with Gasteiger partial charge in [-0.2, -0.15) is 0 Å². The Kier molecular flexibility index (Phi) is 6.25. The van der Waals surface area contributed by atoms with Crippen LogP contribution in [0.1, 0.15) is 22.5 Å². The van der Waals surface area contributed by atoms with Crippen molar-refractivity contribution >= 4 is 32.8 Å². The summed E-state index contributed by atoms with van der Waals surface area (Å²) in [6.45, 7) is 1.87. The Morgan fingerprint density at radius 2 is 1.92 bits per heavy atom. The summed E-state index contributed by atoms with van der Waals surface area (Å²) >= 11 is 3.42. The predicted octanol–water partition coefficient (Wildman–Crippen LogP) is 4.57. The Bertz CT molecular complexity index is 829. The van der Waals surface area contributed by atoms with E-state index in [0.717, 1.165) is 22.7 Å². The lowest BCUT2D eigenvalue weighted by Gasteiger charge is -2.05. The summed E-state index contributed by atoms with van der Waals surface area (Å²) < 4.78 is 12.1. The minimum Gasteiger partial charge on any atom is -0.450 e. The Hall–Kier alpha value is -2.11. The first-order valence-corrected chi connectivity index (χ1v) is 9.11. The molecule has 0 saturated heterocycles. The lowest BCUT2D eigenvalue weighted by atomic mass is 10.2. The number of rotatable bonds is 8. The lowest BCUT2D eigenvalue weighted by Crippen LogP contribution is -2.24. The first-order valence-electron chi connectivity index (χ1n) is 8.32. The van der Waals surface area contributed by atoms with Crippen LogP contribution in [0.2, 0.25) is 0 Å². The van der Waals surface area contributed by atoms with Crippen molar-refractivity contribution in [2.75, 3.05) is 19.8 Å². The molecule has 0 aliphatic carbocycles. The highest BCUT2D eigenvalue weighted by atomic mass is 79.9. The third kappa shape index (κ3) is 4.94. The van der Waals surface area contributed by atoms with E-state index in [1.54, 1.807) is 6.07 Å². The third-order valence-electron chi connectivity index (χ3n) is 3.85. The van der Waals surface area contributed by atoms with E-state index < -0.39 is 0 Å². The fourth-order valence-electron chi connectivity index (χ4n) is 2.54. The maximum Gasteiger partial charge on any atom is 0.287 e. The Balaban J connectivity index is 1.35. The number of para-hydroxylation sites is 1. The van der Waals surface area contributed by atoms with Crippen LogP contribution in [0.15, 0.2) is 63.5 Å². The number of carbonyl (C=O) groups is 1. The fourth-order valence-corrected chi connectivity index (χ4v) is 3.00. The molecule has 0 fully saturated rings. The molecule has 3 aromatic rings. The summed E-state index contributed by atoms with van der Waals surface area (Å²) in [6.07, 6.45) is 1.67. The highest BCUT2D eigenvalue weighted by Crippen LogP contribution is 2.26. The van der Waals surface area contributed by atoms with Gasteiger partial charge in [0.15, 0.2) is 5.76 Å². The van der Waals surface area contributed by atoms with Gasteiger partial charge in [0, 0.05) is 18.5 Å². The summed E-state index contributed by atoms with van der Waals surface area (Å²) in [5.41, 5.74) is 1.96. The number of hydrogen-bond acceptors (Lipinski definition) is 3. The SMILES string of the molecule is O=C(NCCCOCCc1ccccc1)c1cc2cccc(Br)c2o1. The Labute approximate surface area is 155 Å². The van der Waals surface area contributed by atoms with Crippen LogP contribution < -0.4 is 5.32 Å². The van der Waals surface area contributed by atoms with Gasteiger partial charge in [0.1, 0.15) is 5.58 Å². The van der Waals surface area contributed by atoms with Gasteiger partial charge in [-0.05, 0) is 46.5 Å². The van der Waals surface area contributed by atoms with E-state index >= 15 is 0 Å². The average Bonchev–Trinajstić information content (AvgIpc) is 3.07. The van der Waals surface area contributed by atoms with Crippen LogP contribution in [-0.2, 0) is 11.2 Å². The standard InChI is InChI=1S/C20H20BrNO3/c21-17-9-4-8-16-14-18(25-19(16)17)20(23)22-11-5-12-24-13-10-15-6-2-1-3-7-15/h1-4,6-9,14H,5,10-13H2,(H,22,23). The van der Waals surface area contributed by atoms with Crippen molar-refractivity contribution in [3.8, 4) is 0 Å². The molecule has 0 saturated carbocycles. The molecule has 1 amide bonds. The molecule has 1 N–H and O–H groups in total. The van der Waals surface area contributed by atoms with Crippen molar-refractivity contribution < 1.29 is 13.9 Å². The summed E-state index contributed by atoms with van der Waals surface area (Å²) in [5.74, 6) is 0.124. The van der Waals surface area contributed by atoms with Gasteiger partial charge in [0.2, 0.25) is 0 Å². The minimum atomic E-state index is -0.201. The first kappa shape index (κ1) is 17.7. The van der Waals surface area contributed by atoms with Crippen molar-refractivity contribution in [2.45, 2.75) is 12.8 Å². The molecule has 4 nitrogen and oxygen atoms in total. The van der Waals surface area contributed by atoms with Crippen LogP contribution in [-0.4, -0.2) is 25.7 Å². The molecule has 0 aliphatic rings. The van der Waals surface area contributed by atoms with Crippen LogP contribution in [0.25, 0.3) is 11.0 Å². The zero-order valence-electron chi connectivity index (χ0n) is 13.8. The fraction of sp³-hybridized carbons (Fsp3) is 0.250. The van der Waals surface area contributed by atoms with Crippen LogP contribution in [0, 0.1) is 0 Å². The molecule has 1 aromatic heterocycles. The second-order valence-electron chi connectivity index (χ2n) is 5.73. The van der Waals surface area contributed by atoms with E-state index in [4.69, 9.17) is 9.15 Å². The minimum absolute atomic E-state index is 0.201. The largest absolute Gasteiger partial charge is 0.450 e. The summed E-state index contributed by atoms with van der Waals surface area (Å²) in [6, 6.07) is 17.7. The van der Waals surface area contributed by atoms with Gasteiger partial charge in [-0.25, -0.2) is 0 Å². The molecule has 2 aromatic carbocycles. The molecule has 130 valence electrons. The molecule has 0 radical (unpaired) electrons. The van der Waals surface area contributed by atoms with Crippen LogP contribution in [0.3, 0.4) is 0 Å². The molecule has 25 heavy (non-hydrogen) atoms. The van der Waals surface area contributed by atoms with Gasteiger partial charge in [-0.3, -0.25) is 4.79 Å². The number of carbonyl (C=O) groups excluding carboxylic acids is 1. The molecular weight excluding hydrogens is 382 g/mol. The van der Waals surface area contributed by atoms with Crippen molar-refractivity contribution in [2.24, 2.45) is 0 Å². The number of ether oxygens (including phenoxy) is 1.